The summed E-state index contributed by atoms with van der Waals surface area (Å²) in [6, 6.07) is 8.02. The Labute approximate surface area is 205 Å². The van der Waals surface area contributed by atoms with E-state index in [0.29, 0.717) is 27.3 Å². The van der Waals surface area contributed by atoms with Gasteiger partial charge >= 0.3 is 0 Å². The van der Waals surface area contributed by atoms with Crippen molar-refractivity contribution in [2.75, 3.05) is 44.2 Å². The zero-order valence-corrected chi connectivity index (χ0v) is 21.5. The Balaban J connectivity index is 1.81. The van der Waals surface area contributed by atoms with Crippen LogP contribution in [0.3, 0.4) is 0 Å². The largest absolute Gasteiger partial charge is 0.368 e. The van der Waals surface area contributed by atoms with Crippen LogP contribution in [0.25, 0.3) is 17.0 Å². The molecule has 0 radical (unpaired) electrons. The van der Waals surface area contributed by atoms with Crippen LogP contribution in [0.2, 0.25) is 0 Å². The number of hydrogen-bond donors (Lipinski definition) is 0. The van der Waals surface area contributed by atoms with Crippen molar-refractivity contribution in [1.82, 2.24) is 14.4 Å². The molecule has 0 atom stereocenters. The summed E-state index contributed by atoms with van der Waals surface area (Å²) in [4.78, 5) is 33.7. The number of hydrogen-bond acceptors (Lipinski definition) is 6. The van der Waals surface area contributed by atoms with Gasteiger partial charge in [-0.15, -0.1) is 0 Å². The number of nitrogens with zero attached hydrogens (tertiary/aromatic N) is 4. The Bertz CT molecular complexity index is 1160. The number of thiocarbonyl (C=S) groups is 1. The summed E-state index contributed by atoms with van der Waals surface area (Å²) < 4.78 is 2.26. The average Bonchev–Trinajstić information content (AvgIpc) is 3.08. The molecule has 0 N–H and O–H groups in total. The molecule has 2 aromatic rings. The molecule has 2 aliphatic heterocycles. The molecule has 1 aromatic carbocycles. The van der Waals surface area contributed by atoms with Gasteiger partial charge in [-0.3, -0.25) is 14.5 Å². The number of aryl methyl sites for hydroxylation is 1. The molecule has 1 aromatic heterocycles. The highest BCUT2D eigenvalue weighted by molar-refractivity contribution is 8.26. The quantitative estimate of drug-likeness (QED) is 0.458. The smallest absolute Gasteiger partial charge is 0.266 e. The summed E-state index contributed by atoms with van der Waals surface area (Å²) in [6.07, 6.45) is 2.68. The second-order valence-electron chi connectivity index (χ2n) is 9.08. The maximum Gasteiger partial charge on any atom is 0.266 e. The Morgan fingerprint density at radius 3 is 2.48 bits per heavy atom. The number of carbonyl (C=O) groups is 1. The van der Waals surface area contributed by atoms with E-state index in [9.17, 15) is 9.59 Å². The molecule has 0 unspecified atom stereocenters. The highest BCUT2D eigenvalue weighted by atomic mass is 32.2. The Morgan fingerprint density at radius 1 is 1.12 bits per heavy atom. The number of benzene rings is 1. The Kier molecular flexibility index (Phi) is 7.26. The third kappa shape index (κ3) is 4.74. The fraction of sp³-hybridized carbons (Fsp3) is 0.480. The van der Waals surface area contributed by atoms with Crippen molar-refractivity contribution >= 4 is 56.9 Å². The number of para-hydroxylation sites is 1. The van der Waals surface area contributed by atoms with E-state index in [1.54, 1.807) is 22.6 Å². The summed E-state index contributed by atoms with van der Waals surface area (Å²) in [5.41, 5.74) is 2.31. The number of amides is 1. The van der Waals surface area contributed by atoms with Gasteiger partial charge < -0.3 is 14.4 Å². The van der Waals surface area contributed by atoms with Gasteiger partial charge in [0.25, 0.3) is 11.5 Å². The minimum absolute atomic E-state index is 0.0888. The van der Waals surface area contributed by atoms with Crippen LogP contribution in [0.5, 0.6) is 0 Å². The minimum atomic E-state index is -0.0948. The van der Waals surface area contributed by atoms with Crippen LogP contribution in [0.15, 0.2) is 34.0 Å². The zero-order valence-electron chi connectivity index (χ0n) is 19.8. The maximum atomic E-state index is 13.6. The molecule has 0 aliphatic carbocycles. The van der Waals surface area contributed by atoms with Gasteiger partial charge in [0.2, 0.25) is 0 Å². The van der Waals surface area contributed by atoms with Crippen molar-refractivity contribution in [3.05, 3.63) is 45.1 Å². The monoisotopic (exact) mass is 484 g/mol. The first kappa shape index (κ1) is 24.0. The maximum absolute atomic E-state index is 13.6. The van der Waals surface area contributed by atoms with E-state index in [1.165, 1.54) is 11.8 Å². The summed E-state index contributed by atoms with van der Waals surface area (Å²) in [5, 5.41) is 1.03. The number of likely N-dealkylation sites (N-methyl/N-ethyl adjacent to an activating group) is 1. The minimum Gasteiger partial charge on any atom is -0.368 e. The summed E-state index contributed by atoms with van der Waals surface area (Å²) >= 11 is 6.81. The molecule has 2 saturated heterocycles. The van der Waals surface area contributed by atoms with Crippen LogP contribution in [-0.4, -0.2) is 63.9 Å². The van der Waals surface area contributed by atoms with E-state index in [2.05, 4.69) is 36.6 Å². The molecule has 2 aliphatic rings. The fourth-order valence-electron chi connectivity index (χ4n) is 4.47. The normalized spacial score (nSPS) is 19.0. The number of aromatic nitrogens is 1. The summed E-state index contributed by atoms with van der Waals surface area (Å²) in [5.74, 6) is 0.391. The molecule has 0 bridgehead atoms. The molecule has 1 amide bonds. The van der Waals surface area contributed by atoms with Gasteiger partial charge in [0.05, 0.1) is 21.7 Å². The van der Waals surface area contributed by atoms with Gasteiger partial charge in [-0.25, -0.2) is 0 Å². The second kappa shape index (κ2) is 9.99. The molecule has 6 nitrogen and oxygen atoms in total. The summed E-state index contributed by atoms with van der Waals surface area (Å²) in [7, 11) is 1.80. The molecule has 4 rings (SSSR count). The van der Waals surface area contributed by atoms with E-state index >= 15 is 0 Å². The Hall–Kier alpha value is -2.16. The molecule has 33 heavy (non-hydrogen) atoms. The lowest BCUT2D eigenvalue weighted by Gasteiger charge is -2.37. The highest BCUT2D eigenvalue weighted by Crippen LogP contribution is 2.36. The van der Waals surface area contributed by atoms with Gasteiger partial charge in [-0.2, -0.15) is 0 Å². The number of thioether (sulfide) groups is 1. The lowest BCUT2D eigenvalue weighted by Crippen LogP contribution is -2.47. The lowest BCUT2D eigenvalue weighted by molar-refractivity contribution is -0.122. The predicted octanol–water partition coefficient (Wildman–Crippen LogP) is 3.93. The van der Waals surface area contributed by atoms with Crippen LogP contribution in [-0.2, 0) is 11.8 Å². The lowest BCUT2D eigenvalue weighted by atomic mass is 10.1. The number of anilines is 1. The molecular weight excluding hydrogens is 452 g/mol. The van der Waals surface area contributed by atoms with Crippen LogP contribution < -0.4 is 10.5 Å². The van der Waals surface area contributed by atoms with Crippen molar-refractivity contribution in [1.29, 1.82) is 0 Å². The molecule has 8 heteroatoms. The van der Waals surface area contributed by atoms with E-state index in [-0.39, 0.29) is 11.5 Å². The number of fused-ring (bicyclic) bond motifs is 1. The fourth-order valence-corrected chi connectivity index (χ4v) is 5.76. The second-order valence-corrected chi connectivity index (χ2v) is 10.8. The van der Waals surface area contributed by atoms with Gasteiger partial charge in [0, 0.05) is 45.2 Å². The number of carbonyl (C=O) groups excluding carboxylic acids is 1. The van der Waals surface area contributed by atoms with E-state index in [0.717, 1.165) is 55.7 Å². The molecular formula is C25H32N4O2S2. The van der Waals surface area contributed by atoms with E-state index < -0.39 is 0 Å². The van der Waals surface area contributed by atoms with Crippen LogP contribution >= 0.6 is 24.0 Å². The predicted molar refractivity (Wildman–Crippen MR) is 143 cm³/mol. The van der Waals surface area contributed by atoms with Crippen molar-refractivity contribution in [2.24, 2.45) is 13.0 Å². The van der Waals surface area contributed by atoms with Gasteiger partial charge in [0.15, 0.2) is 0 Å². The number of piperazine rings is 1. The third-order valence-corrected chi connectivity index (χ3v) is 7.90. The highest BCUT2D eigenvalue weighted by Gasteiger charge is 2.33. The molecule has 176 valence electrons. The molecule has 3 heterocycles. The Morgan fingerprint density at radius 2 is 1.82 bits per heavy atom. The first-order valence-corrected chi connectivity index (χ1v) is 12.9. The van der Waals surface area contributed by atoms with Gasteiger partial charge in [0.1, 0.15) is 4.32 Å². The van der Waals surface area contributed by atoms with Gasteiger partial charge in [-0.1, -0.05) is 63.0 Å². The number of pyridine rings is 1. The third-order valence-electron chi connectivity index (χ3n) is 6.53. The van der Waals surface area contributed by atoms with Crippen LogP contribution in [0.1, 0.15) is 32.8 Å². The summed E-state index contributed by atoms with van der Waals surface area (Å²) in [6.45, 7) is 11.7. The van der Waals surface area contributed by atoms with Crippen LogP contribution in [0.4, 0.5) is 5.69 Å². The van der Waals surface area contributed by atoms with Crippen LogP contribution in [0, 0.1) is 5.92 Å². The molecule has 2 fully saturated rings. The van der Waals surface area contributed by atoms with Crippen molar-refractivity contribution in [3.8, 4) is 0 Å². The first-order chi connectivity index (χ1) is 15.8. The number of rotatable bonds is 6. The SMILES string of the molecule is CCN1CCN(c2c(C=C3SC(=S)N(CCC(C)C)C3=O)c(=O)n(C)c3ccccc23)CC1. The zero-order chi connectivity index (χ0) is 23.7. The average molecular weight is 485 g/mol. The molecule has 0 spiro atoms. The van der Waals surface area contributed by atoms with Crippen molar-refractivity contribution in [2.45, 2.75) is 27.2 Å². The van der Waals surface area contributed by atoms with Gasteiger partial charge in [-0.05, 0) is 31.0 Å². The molecule has 0 saturated carbocycles. The van der Waals surface area contributed by atoms with Crippen molar-refractivity contribution < 1.29 is 4.79 Å². The standard InChI is InChI=1S/C25H32N4O2S2/c1-5-27-12-14-28(15-13-27)22-18-8-6-7-9-20(18)26(4)23(30)19(22)16-21-24(31)29(25(32)33-21)11-10-17(2)3/h6-9,16-17H,5,10-15H2,1-4H3. The van der Waals surface area contributed by atoms with Crippen molar-refractivity contribution in [3.63, 3.8) is 0 Å². The van der Waals surface area contributed by atoms with E-state index in [1.807, 2.05) is 18.2 Å². The topological polar surface area (TPSA) is 48.8 Å². The first-order valence-electron chi connectivity index (χ1n) is 11.7. The van der Waals surface area contributed by atoms with E-state index in [4.69, 9.17) is 12.2 Å².